The molecule has 0 atom stereocenters. The second-order valence-electron chi connectivity index (χ2n) is 5.26. The highest BCUT2D eigenvalue weighted by atomic mass is 16.2. The van der Waals surface area contributed by atoms with Crippen LogP contribution in [0.5, 0.6) is 0 Å². The van der Waals surface area contributed by atoms with Gasteiger partial charge < -0.3 is 0 Å². The van der Waals surface area contributed by atoms with Crippen LogP contribution in [0.1, 0.15) is 44.6 Å². The summed E-state index contributed by atoms with van der Waals surface area (Å²) in [4.78, 5) is 25.6. The van der Waals surface area contributed by atoms with Crippen molar-refractivity contribution < 1.29 is 9.59 Å². The molecule has 3 nitrogen and oxygen atoms in total. The van der Waals surface area contributed by atoms with Gasteiger partial charge in [0.05, 0.1) is 6.54 Å². The summed E-state index contributed by atoms with van der Waals surface area (Å²) in [7, 11) is 0. The highest BCUT2D eigenvalue weighted by molar-refractivity contribution is 5.95. The van der Waals surface area contributed by atoms with E-state index >= 15 is 0 Å². The molecule has 2 rings (SSSR count). The molecule has 1 fully saturated rings. The third-order valence-corrected chi connectivity index (χ3v) is 3.78. The largest absolute Gasteiger partial charge is 0.278 e. The lowest BCUT2D eigenvalue weighted by molar-refractivity contribution is -0.147. The van der Waals surface area contributed by atoms with Crippen LogP contribution in [0.25, 0.3) is 0 Å². The minimum atomic E-state index is -0.153. The normalized spacial score (nSPS) is 16.1. The molecular weight excluding hydrogens is 238 g/mol. The molecule has 2 amide bonds. The molecule has 0 unspecified atom stereocenters. The van der Waals surface area contributed by atoms with Gasteiger partial charge in [-0.15, -0.1) is 0 Å². The number of amides is 2. The molecule has 0 aliphatic heterocycles. The summed E-state index contributed by atoms with van der Waals surface area (Å²) < 4.78 is 0. The van der Waals surface area contributed by atoms with E-state index in [0.717, 1.165) is 31.2 Å². The Balaban J connectivity index is 2.07. The second-order valence-corrected chi connectivity index (χ2v) is 5.26. The average molecular weight is 259 g/mol. The first-order valence-electron chi connectivity index (χ1n) is 7.04. The van der Waals surface area contributed by atoms with Crippen molar-refractivity contribution in [2.75, 3.05) is 0 Å². The predicted molar refractivity (Wildman–Crippen MR) is 74.2 cm³/mol. The molecule has 0 bridgehead atoms. The smallest absolute Gasteiger partial charge is 0.232 e. The molecule has 0 saturated heterocycles. The Labute approximate surface area is 114 Å². The number of hydrogen-bond donors (Lipinski definition) is 0. The van der Waals surface area contributed by atoms with Crippen molar-refractivity contribution >= 4 is 11.8 Å². The van der Waals surface area contributed by atoms with Gasteiger partial charge in [-0.05, 0) is 18.4 Å². The summed E-state index contributed by atoms with van der Waals surface area (Å²) in [5.41, 5.74) is 1.00. The molecule has 1 aliphatic rings. The predicted octanol–water partition coefficient (Wildman–Crippen LogP) is 3.14. The van der Waals surface area contributed by atoms with Gasteiger partial charge in [0.15, 0.2) is 0 Å². The molecule has 1 aliphatic carbocycles. The van der Waals surface area contributed by atoms with Crippen molar-refractivity contribution in [2.24, 2.45) is 5.92 Å². The minimum Gasteiger partial charge on any atom is -0.278 e. The van der Waals surface area contributed by atoms with E-state index in [2.05, 4.69) is 0 Å². The molecule has 0 heterocycles. The lowest BCUT2D eigenvalue weighted by Crippen LogP contribution is -2.39. The highest BCUT2D eigenvalue weighted by Crippen LogP contribution is 2.26. The Morgan fingerprint density at radius 3 is 2.32 bits per heavy atom. The molecule has 3 heteroatoms. The summed E-state index contributed by atoms with van der Waals surface area (Å²) >= 11 is 0. The van der Waals surface area contributed by atoms with E-state index in [4.69, 9.17) is 0 Å². The number of carbonyl (C=O) groups is 2. The maximum absolute atomic E-state index is 12.4. The van der Waals surface area contributed by atoms with Gasteiger partial charge in [-0.25, -0.2) is 0 Å². The summed E-state index contributed by atoms with van der Waals surface area (Å²) in [6.45, 7) is 1.87. The fourth-order valence-corrected chi connectivity index (χ4v) is 2.68. The lowest BCUT2D eigenvalue weighted by Gasteiger charge is -2.27. The van der Waals surface area contributed by atoms with Gasteiger partial charge in [-0.1, -0.05) is 49.6 Å². The van der Waals surface area contributed by atoms with Crippen LogP contribution in [0.2, 0.25) is 0 Å². The number of benzene rings is 1. The maximum atomic E-state index is 12.4. The van der Waals surface area contributed by atoms with Gasteiger partial charge >= 0.3 is 0 Å². The molecule has 1 saturated carbocycles. The van der Waals surface area contributed by atoms with Gasteiger partial charge in [0.25, 0.3) is 0 Å². The Morgan fingerprint density at radius 1 is 1.11 bits per heavy atom. The van der Waals surface area contributed by atoms with E-state index in [-0.39, 0.29) is 17.7 Å². The van der Waals surface area contributed by atoms with Crippen LogP contribution in [-0.4, -0.2) is 16.7 Å². The molecular formula is C16H21NO2. The first-order chi connectivity index (χ1) is 9.18. The van der Waals surface area contributed by atoms with Gasteiger partial charge in [-0.2, -0.15) is 0 Å². The average Bonchev–Trinajstić information content (AvgIpc) is 2.46. The molecule has 1 aromatic rings. The van der Waals surface area contributed by atoms with Crippen LogP contribution >= 0.6 is 0 Å². The number of nitrogens with zero attached hydrogens (tertiary/aromatic N) is 1. The Morgan fingerprint density at radius 2 is 1.74 bits per heavy atom. The zero-order valence-corrected chi connectivity index (χ0v) is 11.5. The maximum Gasteiger partial charge on any atom is 0.232 e. The van der Waals surface area contributed by atoms with Crippen molar-refractivity contribution in [1.29, 1.82) is 0 Å². The quantitative estimate of drug-likeness (QED) is 0.836. The van der Waals surface area contributed by atoms with E-state index in [1.807, 2.05) is 30.3 Å². The monoisotopic (exact) mass is 259 g/mol. The van der Waals surface area contributed by atoms with Crippen LogP contribution in [0.15, 0.2) is 30.3 Å². The lowest BCUT2D eigenvalue weighted by atomic mass is 9.88. The molecule has 19 heavy (non-hydrogen) atoms. The number of hydrogen-bond acceptors (Lipinski definition) is 2. The van der Waals surface area contributed by atoms with E-state index < -0.39 is 0 Å². The van der Waals surface area contributed by atoms with Crippen LogP contribution < -0.4 is 0 Å². The highest BCUT2D eigenvalue weighted by Gasteiger charge is 2.28. The summed E-state index contributed by atoms with van der Waals surface area (Å²) in [6, 6.07) is 9.69. The van der Waals surface area contributed by atoms with E-state index in [0.29, 0.717) is 6.54 Å². The summed E-state index contributed by atoms with van der Waals surface area (Å²) in [6.07, 6.45) is 5.28. The van der Waals surface area contributed by atoms with E-state index in [1.54, 1.807) is 0 Å². The third-order valence-electron chi connectivity index (χ3n) is 3.78. The number of rotatable bonds is 3. The summed E-state index contributed by atoms with van der Waals surface area (Å²) in [5.74, 6) is -0.100. The second kappa shape index (κ2) is 6.50. The van der Waals surface area contributed by atoms with E-state index in [9.17, 15) is 9.59 Å². The van der Waals surface area contributed by atoms with Crippen molar-refractivity contribution in [3.63, 3.8) is 0 Å². The van der Waals surface area contributed by atoms with Gasteiger partial charge in [-0.3, -0.25) is 14.5 Å². The molecule has 0 aromatic heterocycles. The summed E-state index contributed by atoms with van der Waals surface area (Å²) in [5, 5.41) is 0. The Kier molecular flexibility index (Phi) is 4.72. The van der Waals surface area contributed by atoms with Crippen LogP contribution in [0.4, 0.5) is 0 Å². The SMILES string of the molecule is CC(=O)N(Cc1ccccc1)C(=O)C1CCCCC1. The fourth-order valence-electron chi connectivity index (χ4n) is 2.68. The molecule has 0 N–H and O–H groups in total. The number of carbonyl (C=O) groups excluding carboxylic acids is 2. The number of imide groups is 1. The zero-order chi connectivity index (χ0) is 13.7. The van der Waals surface area contributed by atoms with E-state index in [1.165, 1.54) is 18.2 Å². The Bertz CT molecular complexity index is 435. The van der Waals surface area contributed by atoms with Gasteiger partial charge in [0.1, 0.15) is 0 Å². The molecule has 102 valence electrons. The van der Waals surface area contributed by atoms with Crippen molar-refractivity contribution in [3.05, 3.63) is 35.9 Å². The van der Waals surface area contributed by atoms with Crippen molar-refractivity contribution in [1.82, 2.24) is 4.90 Å². The van der Waals surface area contributed by atoms with Crippen LogP contribution in [-0.2, 0) is 16.1 Å². The third kappa shape index (κ3) is 3.66. The molecule has 0 radical (unpaired) electrons. The van der Waals surface area contributed by atoms with Crippen molar-refractivity contribution in [3.8, 4) is 0 Å². The Hall–Kier alpha value is -1.64. The van der Waals surface area contributed by atoms with Gasteiger partial charge in [0, 0.05) is 12.8 Å². The fraction of sp³-hybridized carbons (Fsp3) is 0.500. The molecule has 0 spiro atoms. The standard InChI is InChI=1S/C16H21NO2/c1-13(18)17(12-14-8-4-2-5-9-14)16(19)15-10-6-3-7-11-15/h2,4-5,8-9,15H,3,6-7,10-12H2,1H3. The first kappa shape index (κ1) is 13.8. The molecule has 1 aromatic carbocycles. The first-order valence-corrected chi connectivity index (χ1v) is 7.04. The van der Waals surface area contributed by atoms with Crippen LogP contribution in [0, 0.1) is 5.92 Å². The minimum absolute atomic E-state index is 0.0102. The topological polar surface area (TPSA) is 37.4 Å². The van der Waals surface area contributed by atoms with Gasteiger partial charge in [0.2, 0.25) is 11.8 Å². The zero-order valence-electron chi connectivity index (χ0n) is 11.5. The van der Waals surface area contributed by atoms with Crippen molar-refractivity contribution in [2.45, 2.75) is 45.6 Å². The van der Waals surface area contributed by atoms with Crippen LogP contribution in [0.3, 0.4) is 0 Å².